The Kier molecular flexibility index (Phi) is 49.0. The molecule has 1 aliphatic heterocycles. The molecule has 784 valence electrons. The van der Waals surface area contributed by atoms with Crippen LogP contribution >= 0.6 is 0 Å². The fourth-order valence-electron chi connectivity index (χ4n) is 15.8. The number of fused-ring (bicyclic) bond motifs is 2. The molecule has 1 aliphatic rings. The Balaban J connectivity index is 1.16. The van der Waals surface area contributed by atoms with Gasteiger partial charge in [-0.05, 0) is 158 Å². The summed E-state index contributed by atoms with van der Waals surface area (Å²) in [4.78, 5) is 186. The summed E-state index contributed by atoms with van der Waals surface area (Å²) >= 11 is 0. The molecule has 3 heterocycles. The minimum atomic E-state index is -1.60. The first-order valence-electron chi connectivity index (χ1n) is 48.0. The molecular formula is C94H144N36O14. The number of hydrogen-bond acceptors (Lipinski definition) is 25. The van der Waals surface area contributed by atoms with Gasteiger partial charge in [-0.25, -0.2) is 9.78 Å². The lowest BCUT2D eigenvalue weighted by molar-refractivity contribution is -0.142. The highest BCUT2D eigenvalue weighted by Gasteiger charge is 2.36. The van der Waals surface area contributed by atoms with Crippen LogP contribution in [0, 0.1) is 37.9 Å². The Labute approximate surface area is 835 Å². The Hall–Kier alpha value is -15.6. The third-order valence-electron chi connectivity index (χ3n) is 23.6. The molecule has 2 aromatic heterocycles. The summed E-state index contributed by atoms with van der Waals surface area (Å²) < 4.78 is 6.40. The third-order valence-corrected chi connectivity index (χ3v) is 23.6. The molecule has 0 spiro atoms. The van der Waals surface area contributed by atoms with Gasteiger partial charge in [-0.15, -0.1) is 0 Å². The minimum Gasteiger partial charge on any atom is -0.480 e. The van der Waals surface area contributed by atoms with Crippen molar-refractivity contribution in [3.05, 3.63) is 159 Å². The second-order valence-electron chi connectivity index (χ2n) is 35.1. The quantitative estimate of drug-likeness (QED) is 0.00767. The number of aliphatic carboxylic acids is 1. The molecule has 0 radical (unpaired) electrons. The highest BCUT2D eigenvalue weighted by atomic mass is 16.4. The number of carbonyl (C=O) groups excluding carboxylic acids is 10. The zero-order chi connectivity index (χ0) is 105. The van der Waals surface area contributed by atoms with Crippen molar-refractivity contribution in [1.82, 2.24) is 115 Å². The maximum absolute atomic E-state index is 15.1. The van der Waals surface area contributed by atoms with Gasteiger partial charge in [0.15, 0.2) is 41.7 Å². The molecule has 7 rings (SSSR count). The number of nitrogens with zero attached hydrogens (tertiary/aromatic N) is 5. The minimum absolute atomic E-state index is 0.00766. The monoisotopic (exact) mass is 2000 g/mol. The number of nitrogens with one attached hydrogen (secondary N) is 24. The van der Waals surface area contributed by atoms with Crippen LogP contribution in [0.2, 0.25) is 0 Å². The summed E-state index contributed by atoms with van der Waals surface area (Å²) in [5.74, 6) is -11.7. The van der Waals surface area contributed by atoms with Crippen molar-refractivity contribution >= 4 is 129 Å². The molecule has 39 N–H and O–H groups in total. The van der Waals surface area contributed by atoms with Crippen LogP contribution in [0.15, 0.2) is 131 Å². The molecule has 6 aromatic rings. The van der Waals surface area contributed by atoms with Crippen molar-refractivity contribution in [3.8, 4) is 0 Å². The van der Waals surface area contributed by atoms with Gasteiger partial charge in [0, 0.05) is 110 Å². The number of pyridine rings is 1. The van der Waals surface area contributed by atoms with E-state index in [1.807, 2.05) is 126 Å². The number of guanidine groups is 7. The zero-order valence-electron chi connectivity index (χ0n) is 81.7. The number of rotatable bonds is 57. The van der Waals surface area contributed by atoms with Crippen LogP contribution in [0.5, 0.6) is 0 Å². The number of carboxylic acid groups (broad SMARTS) is 1. The molecule has 50 nitrogen and oxygen atoms in total. The number of benzene rings is 4. The van der Waals surface area contributed by atoms with E-state index in [1.54, 1.807) is 12.1 Å². The fraction of sp³-hybridized carbons (Fsp3) is 0.489. The molecule has 10 amide bonds. The van der Waals surface area contributed by atoms with Crippen LogP contribution in [-0.4, -0.2) is 297 Å². The number of amides is 10. The number of aromatic nitrogens is 1. The number of nitrogens with two attached hydrogens (primary N) is 7. The first kappa shape index (κ1) is 115. The predicted octanol–water partition coefficient (Wildman–Crippen LogP) is -3.37. The molecule has 0 saturated carbocycles. The first-order valence-corrected chi connectivity index (χ1v) is 48.0. The predicted molar refractivity (Wildman–Crippen MR) is 546 cm³/mol. The lowest BCUT2D eigenvalue weighted by Gasteiger charge is -2.34. The second kappa shape index (κ2) is 61.2. The Morgan fingerprint density at radius 2 is 0.604 bits per heavy atom. The van der Waals surface area contributed by atoms with Gasteiger partial charge in [0.05, 0.1) is 54.2 Å². The number of hydrogen-bond donors (Lipinski definition) is 32. The average Bonchev–Trinajstić information content (AvgIpc) is 0.766. The summed E-state index contributed by atoms with van der Waals surface area (Å²) in [6.45, 7) is 9.16. The van der Waals surface area contributed by atoms with Crippen molar-refractivity contribution < 1.29 is 62.3 Å². The highest BCUT2D eigenvalue weighted by Crippen LogP contribution is 2.23. The lowest BCUT2D eigenvalue weighted by atomic mass is 10.0. The smallest absolute Gasteiger partial charge is 0.326 e. The van der Waals surface area contributed by atoms with E-state index < -0.39 is 131 Å². The van der Waals surface area contributed by atoms with Crippen LogP contribution in [-0.2, 0) is 54.5 Å². The maximum Gasteiger partial charge on any atom is 0.326 e. The summed E-state index contributed by atoms with van der Waals surface area (Å²) in [5.41, 5.74) is 41.6. The van der Waals surface area contributed by atoms with Gasteiger partial charge >= 0.3 is 5.97 Å². The summed E-state index contributed by atoms with van der Waals surface area (Å²) in [7, 11) is 0. The Bertz CT molecular complexity index is 5300. The molecule has 1 saturated heterocycles. The SMILES string of the molecule is C[C@H](NC(=O)CN1CCN(CC(=O)N[C@@H](C)c2ccccc2)CCN(Cc2ccc3c(=O)c4cc(C(=O)N[C@@H](CCCNC(=N)N)C(=O)N[C@@H](CCCNC(=N)N)C(=O)N[C@@H](CCCNC(=N)N)C(=O)N[C@@H](CCCNC(=N)N)C(=O)N[C@@H](CCCNC(=N)N)C(=O)N[C@@H](CCCNC(=N)N)C(=O)N[C@@H](CCCNC(=N)N)C(=O)O)ccc4oc3n2)CCN(CC(=O)N[C@@H](C)c2ccccc2)CC1)c1ccccc1. The molecule has 144 heavy (non-hydrogen) atoms. The summed E-state index contributed by atoms with van der Waals surface area (Å²) in [6.07, 6.45) is -1.08. The molecule has 1 fully saturated rings. The van der Waals surface area contributed by atoms with Crippen LogP contribution < -0.4 is 136 Å². The summed E-state index contributed by atoms with van der Waals surface area (Å²) in [5, 5.41) is 110. The zero-order valence-corrected chi connectivity index (χ0v) is 81.7. The average molecular weight is 2000 g/mol. The molecule has 0 unspecified atom stereocenters. The van der Waals surface area contributed by atoms with Gasteiger partial charge in [0.1, 0.15) is 47.9 Å². The van der Waals surface area contributed by atoms with Crippen molar-refractivity contribution in [1.29, 1.82) is 37.9 Å². The maximum atomic E-state index is 15.1. The fourth-order valence-corrected chi connectivity index (χ4v) is 15.8. The first-order chi connectivity index (χ1) is 68.8. The standard InChI is InChI=1S/C94H144N36O14/c1-57(60-20-7-4-8-21-60)116-75(131)54-128-46-44-127(45-47-129(55-76(132)117-58(2)61-22-9-5-10-23-61)49-51-130(50-48-128)56-77(133)118-59(3)62-24-11-6-12-25-62)53-64-34-35-65-78(134)66-52-63(33-36-74(66)144-86(65)119-64)79(135)120-67(26-13-37-109-88(95)96)80(136)121-68(27-14-38-110-89(97)98)81(137)122-69(28-15-39-111-90(99)100)82(138)123-70(29-16-40-112-91(101)102)83(139)124-71(30-17-41-113-92(103)104)84(140)125-72(31-18-42-114-93(105)106)85(141)126-73(87(142)143)32-19-43-115-94(107)108/h4-12,20-25,33-36,52,57-59,67-73H,13-19,26-32,37-51,53-56H2,1-3H3,(H,116,131)(H,117,132)(H,118,133)(H,120,135)(H,121,136)(H,122,137)(H,123,138)(H,124,139)(H,125,140)(H,126,141)(H,142,143)(H4,95,96,109)(H4,97,98,110)(H4,99,100,111)(H4,101,102,112)(H4,103,104,113)(H4,105,106,114)(H4,107,108,115)/t57-,58-,59-,67-,68-,69-,70-,71-,72-,73-/m0/s1. The third kappa shape index (κ3) is 42.8. The van der Waals surface area contributed by atoms with Crippen molar-refractivity contribution in [2.24, 2.45) is 40.1 Å². The van der Waals surface area contributed by atoms with Crippen LogP contribution in [0.4, 0.5) is 0 Å². The van der Waals surface area contributed by atoms with Gasteiger partial charge < -0.3 is 140 Å². The number of carboxylic acids is 1. The molecule has 0 bridgehead atoms. The van der Waals surface area contributed by atoms with E-state index >= 15 is 14.4 Å². The van der Waals surface area contributed by atoms with E-state index in [0.717, 1.165) is 16.7 Å². The Morgan fingerprint density at radius 3 is 0.882 bits per heavy atom. The molecule has 50 heteroatoms. The van der Waals surface area contributed by atoms with Crippen LogP contribution in [0.25, 0.3) is 22.1 Å². The van der Waals surface area contributed by atoms with Crippen molar-refractivity contribution in [2.75, 3.05) is 118 Å². The van der Waals surface area contributed by atoms with Crippen LogP contribution in [0.1, 0.15) is 162 Å². The molecule has 4 aromatic carbocycles. The van der Waals surface area contributed by atoms with Gasteiger partial charge in [0.2, 0.25) is 64.3 Å². The summed E-state index contributed by atoms with van der Waals surface area (Å²) in [6, 6.07) is 24.5. The molecule has 10 atom stereocenters. The van der Waals surface area contributed by atoms with E-state index in [1.165, 1.54) is 18.2 Å². The van der Waals surface area contributed by atoms with Gasteiger partial charge in [-0.3, -0.25) is 110 Å². The van der Waals surface area contributed by atoms with E-state index in [4.69, 9.17) is 87.4 Å². The normalized spacial score (nSPS) is 14.8. The molecule has 0 aliphatic carbocycles. The largest absolute Gasteiger partial charge is 0.480 e. The lowest BCUT2D eigenvalue weighted by Crippen LogP contribution is -2.60. The topological polar surface area (TPSA) is 818 Å². The number of carbonyl (C=O) groups is 11. The molecular weight excluding hydrogens is 1860 g/mol. The van der Waals surface area contributed by atoms with Crippen molar-refractivity contribution in [3.63, 3.8) is 0 Å². The van der Waals surface area contributed by atoms with Crippen molar-refractivity contribution in [2.45, 2.75) is 178 Å². The van der Waals surface area contributed by atoms with Gasteiger partial charge in [0.25, 0.3) is 5.91 Å². The Morgan fingerprint density at radius 1 is 0.340 bits per heavy atom. The van der Waals surface area contributed by atoms with Gasteiger partial charge in [-0.2, -0.15) is 0 Å². The van der Waals surface area contributed by atoms with E-state index in [2.05, 4.69) is 95.3 Å². The van der Waals surface area contributed by atoms with E-state index in [0.29, 0.717) is 58.1 Å². The highest BCUT2D eigenvalue weighted by molar-refractivity contribution is 6.02. The van der Waals surface area contributed by atoms with Crippen LogP contribution in [0.3, 0.4) is 0 Å². The van der Waals surface area contributed by atoms with Gasteiger partial charge in [-0.1, -0.05) is 91.0 Å². The second-order valence-corrected chi connectivity index (χ2v) is 35.1. The van der Waals surface area contributed by atoms with E-state index in [9.17, 15) is 48.3 Å². The van der Waals surface area contributed by atoms with E-state index in [-0.39, 0.29) is 231 Å².